The van der Waals surface area contributed by atoms with Crippen molar-refractivity contribution in [2.45, 2.75) is 34.8 Å². The maximum absolute atomic E-state index is 5.94. The molecule has 40 heavy (non-hydrogen) atoms. The lowest BCUT2D eigenvalue weighted by molar-refractivity contribution is 0.403. The Morgan fingerprint density at radius 3 is 1.50 bits per heavy atom. The molecule has 10 heteroatoms. The lowest BCUT2D eigenvalue weighted by Crippen LogP contribution is -2.21. The number of hydrogen-bond donors (Lipinski definition) is 0. The van der Waals surface area contributed by atoms with Gasteiger partial charge in [0.1, 0.15) is 11.5 Å². The van der Waals surface area contributed by atoms with Crippen molar-refractivity contribution >= 4 is 94.1 Å². The molecule has 0 aromatic heterocycles. The van der Waals surface area contributed by atoms with E-state index in [0.717, 1.165) is 37.2 Å². The minimum Gasteiger partial charge on any atom is -0.497 e. The molecule has 2 aromatic rings. The summed E-state index contributed by atoms with van der Waals surface area (Å²) in [5.41, 5.74) is 5.55. The molecule has 0 spiro atoms. The van der Waals surface area contributed by atoms with E-state index in [0.29, 0.717) is 21.0 Å². The Kier molecular flexibility index (Phi) is 11.8. The van der Waals surface area contributed by atoms with Crippen LogP contribution in [0.2, 0.25) is 0 Å². The number of ether oxygens (including phenoxy) is 2. The topological polar surface area (TPSA) is 18.5 Å². The van der Waals surface area contributed by atoms with Crippen LogP contribution in [-0.2, 0) is 25.7 Å². The maximum atomic E-state index is 5.94. The smallest absolute Gasteiger partial charge is 0.122 e. The first kappa shape index (κ1) is 31.7. The van der Waals surface area contributed by atoms with Crippen LogP contribution >= 0.6 is 94.1 Å². The molecule has 3 aliphatic rings. The molecule has 0 N–H and O–H groups in total. The van der Waals surface area contributed by atoms with Crippen LogP contribution in [0, 0.1) is 11.8 Å². The predicted molar refractivity (Wildman–Crippen MR) is 194 cm³/mol. The van der Waals surface area contributed by atoms with E-state index in [1.807, 2.05) is 54.2 Å². The number of hydrogen-bond acceptors (Lipinski definition) is 10. The van der Waals surface area contributed by atoms with Crippen molar-refractivity contribution in [1.29, 1.82) is 0 Å². The molecule has 0 fully saturated rings. The van der Waals surface area contributed by atoms with Gasteiger partial charge in [0.15, 0.2) is 0 Å². The first-order chi connectivity index (χ1) is 19.5. The zero-order chi connectivity index (χ0) is 28.2. The molecule has 216 valence electrons. The molecule has 4 bridgehead atoms. The zero-order valence-electron chi connectivity index (χ0n) is 23.7. The molecule has 2 atom stereocenters. The molecule has 2 aliphatic heterocycles. The standard InChI is InChI=1S/C30H36O2S8/c1-31-23-14-18-9-19(15-23)13-22(26-39-29(35-5)30(36-6)40-26)16-20-10-17(7-8-24(20)32-2)11-21(12-18)25-37-27(33-3)28(34-4)38-25/h7-10,14-15,21-22,25-26H,11-13,16H2,1-6H3. The van der Waals surface area contributed by atoms with Gasteiger partial charge < -0.3 is 9.47 Å². The van der Waals surface area contributed by atoms with Gasteiger partial charge >= 0.3 is 0 Å². The first-order valence-corrected chi connectivity index (χ1v) is 21.5. The average Bonchev–Trinajstić information content (AvgIpc) is 3.60. The highest BCUT2D eigenvalue weighted by molar-refractivity contribution is 8.38. The highest BCUT2D eigenvalue weighted by Gasteiger charge is 2.35. The Morgan fingerprint density at radius 2 is 1.05 bits per heavy atom. The summed E-state index contributed by atoms with van der Waals surface area (Å²) in [4.78, 5) is 0. The van der Waals surface area contributed by atoms with E-state index in [-0.39, 0.29) is 0 Å². The Labute approximate surface area is 274 Å². The molecule has 0 saturated heterocycles. The highest BCUT2D eigenvalue weighted by Crippen LogP contribution is 2.58. The number of rotatable bonds is 8. The molecule has 1 aliphatic carbocycles. The third-order valence-corrected chi connectivity index (χ3v) is 19.1. The molecular weight excluding hydrogens is 649 g/mol. The molecule has 0 amide bonds. The van der Waals surface area contributed by atoms with Crippen LogP contribution in [-0.4, -0.2) is 48.4 Å². The van der Waals surface area contributed by atoms with Gasteiger partial charge in [-0.25, -0.2) is 0 Å². The van der Waals surface area contributed by atoms with Crippen molar-refractivity contribution in [1.82, 2.24) is 0 Å². The average molecular weight is 685 g/mol. The fourth-order valence-electron chi connectivity index (χ4n) is 5.49. The Hall–Kier alpha value is 0.320. The Bertz CT molecular complexity index is 1240. The van der Waals surface area contributed by atoms with E-state index < -0.39 is 0 Å². The predicted octanol–water partition coefficient (Wildman–Crippen LogP) is 10.1. The third-order valence-electron chi connectivity index (χ3n) is 7.32. The maximum Gasteiger partial charge on any atom is 0.122 e. The van der Waals surface area contributed by atoms with Crippen LogP contribution in [0.25, 0.3) is 0 Å². The lowest BCUT2D eigenvalue weighted by Gasteiger charge is -2.28. The summed E-state index contributed by atoms with van der Waals surface area (Å²) in [5.74, 6) is 2.98. The number of benzene rings is 2. The minimum absolute atomic E-state index is 0.472. The molecule has 2 nitrogen and oxygen atoms in total. The van der Waals surface area contributed by atoms with Gasteiger partial charge in [-0.1, -0.05) is 18.2 Å². The summed E-state index contributed by atoms with van der Waals surface area (Å²) >= 11 is 15.8. The van der Waals surface area contributed by atoms with E-state index >= 15 is 0 Å². The van der Waals surface area contributed by atoms with Crippen LogP contribution in [0.15, 0.2) is 53.3 Å². The van der Waals surface area contributed by atoms with E-state index in [2.05, 4.69) is 108 Å². The summed E-state index contributed by atoms with van der Waals surface area (Å²) in [5, 5.41) is 0. The van der Waals surface area contributed by atoms with Gasteiger partial charge in [-0.15, -0.1) is 94.1 Å². The molecule has 0 saturated carbocycles. The SMILES string of the molecule is COc1cc2cc(c1)CC(C1SC(SC)=C(SC)S1)Cc1cc(ccc1OC)CC(C1SC(SC)=C(SC)S1)C2. The van der Waals surface area contributed by atoms with Gasteiger partial charge in [0.2, 0.25) is 0 Å². The van der Waals surface area contributed by atoms with Crippen LogP contribution in [0.4, 0.5) is 0 Å². The molecule has 0 radical (unpaired) electrons. The van der Waals surface area contributed by atoms with E-state index in [4.69, 9.17) is 9.47 Å². The van der Waals surface area contributed by atoms with Crippen molar-refractivity contribution in [2.24, 2.45) is 11.8 Å². The van der Waals surface area contributed by atoms with Gasteiger partial charge in [-0.05, 0) is 103 Å². The first-order valence-electron chi connectivity index (χ1n) is 13.1. The summed E-state index contributed by atoms with van der Waals surface area (Å²) in [6.07, 6.45) is 13.0. The van der Waals surface area contributed by atoms with Crippen LogP contribution in [0.1, 0.15) is 22.3 Å². The van der Waals surface area contributed by atoms with Crippen molar-refractivity contribution in [2.75, 3.05) is 39.2 Å². The summed E-state index contributed by atoms with van der Waals surface area (Å²) in [7, 11) is 3.62. The molecule has 2 unspecified atom stereocenters. The molecule has 2 aromatic carbocycles. The second kappa shape index (κ2) is 14.9. The van der Waals surface area contributed by atoms with Crippen LogP contribution in [0.5, 0.6) is 11.5 Å². The Balaban J connectivity index is 1.53. The fourth-order valence-corrected chi connectivity index (χ4v) is 17.1. The normalized spacial score (nSPS) is 22.4. The summed E-state index contributed by atoms with van der Waals surface area (Å²) in [6, 6.07) is 14.0. The van der Waals surface area contributed by atoms with Crippen molar-refractivity contribution < 1.29 is 9.47 Å². The van der Waals surface area contributed by atoms with Gasteiger partial charge in [-0.2, -0.15) is 0 Å². The van der Waals surface area contributed by atoms with Gasteiger partial charge in [0, 0.05) is 0 Å². The zero-order valence-corrected chi connectivity index (χ0v) is 30.2. The van der Waals surface area contributed by atoms with Crippen molar-refractivity contribution in [3.63, 3.8) is 0 Å². The summed E-state index contributed by atoms with van der Waals surface area (Å²) in [6.45, 7) is 0. The van der Waals surface area contributed by atoms with Gasteiger partial charge in [-0.3, -0.25) is 0 Å². The quantitative estimate of drug-likeness (QED) is 0.266. The van der Waals surface area contributed by atoms with Crippen LogP contribution in [0.3, 0.4) is 0 Å². The van der Waals surface area contributed by atoms with Gasteiger partial charge in [0.05, 0.1) is 40.3 Å². The molecule has 2 heterocycles. The summed E-state index contributed by atoms with van der Waals surface area (Å²) < 4.78 is 18.7. The Morgan fingerprint density at radius 1 is 0.575 bits per heavy atom. The van der Waals surface area contributed by atoms with Gasteiger partial charge in [0.25, 0.3) is 0 Å². The largest absolute Gasteiger partial charge is 0.497 e. The number of thioether (sulfide) groups is 8. The molecular formula is C30H36O2S8. The van der Waals surface area contributed by atoms with E-state index in [1.165, 1.54) is 39.2 Å². The number of fused-ring (bicyclic) bond motifs is 4. The third kappa shape index (κ3) is 7.33. The highest BCUT2D eigenvalue weighted by atomic mass is 32.3. The molecule has 5 rings (SSSR count). The monoisotopic (exact) mass is 684 g/mol. The van der Waals surface area contributed by atoms with Crippen molar-refractivity contribution in [3.8, 4) is 11.5 Å². The van der Waals surface area contributed by atoms with Crippen LogP contribution < -0.4 is 9.47 Å². The fraction of sp³-hybridized carbons (Fsp3) is 0.467. The van der Waals surface area contributed by atoms with E-state index in [1.54, 1.807) is 7.11 Å². The second-order valence-electron chi connectivity index (χ2n) is 9.85. The lowest BCUT2D eigenvalue weighted by atomic mass is 9.87. The van der Waals surface area contributed by atoms with Crippen molar-refractivity contribution in [3.05, 3.63) is 75.6 Å². The van der Waals surface area contributed by atoms with E-state index in [9.17, 15) is 0 Å². The number of methoxy groups -OCH3 is 2. The second-order valence-corrected chi connectivity index (χ2v) is 19.4. The minimum atomic E-state index is 0.472.